The van der Waals surface area contributed by atoms with Crippen LogP contribution in [-0.2, 0) is 15.1 Å². The molecule has 0 saturated carbocycles. The Balaban J connectivity index is 1.93. The predicted octanol–water partition coefficient (Wildman–Crippen LogP) is 5.04. The van der Waals surface area contributed by atoms with Crippen LogP contribution in [0.15, 0.2) is 36.4 Å². The molecule has 0 fully saturated rings. The fourth-order valence-electron chi connectivity index (χ4n) is 4.10. The zero-order chi connectivity index (χ0) is 22.9. The molecule has 9 heteroatoms. The van der Waals surface area contributed by atoms with E-state index < -0.39 is 63.6 Å². The number of benzene rings is 3. The van der Waals surface area contributed by atoms with Crippen molar-refractivity contribution in [2.24, 2.45) is 0 Å². The highest BCUT2D eigenvalue weighted by atomic mass is 19.1. The van der Waals surface area contributed by atoms with E-state index in [9.17, 15) is 18.4 Å². The molecule has 3 aromatic carbocycles. The molecule has 0 amide bonds. The zero-order valence-electron chi connectivity index (χ0n) is 16.5. The first-order valence-corrected chi connectivity index (χ1v) is 9.37. The van der Waals surface area contributed by atoms with Gasteiger partial charge in [-0.3, -0.25) is 4.79 Å². The Morgan fingerprint density at radius 1 is 0.938 bits per heavy atom. The summed E-state index contributed by atoms with van der Waals surface area (Å²) in [5, 5.41) is 0. The van der Waals surface area contributed by atoms with Gasteiger partial charge in [0.2, 0.25) is 11.6 Å². The van der Waals surface area contributed by atoms with Crippen LogP contribution < -0.4 is 9.47 Å². The predicted molar refractivity (Wildman–Crippen MR) is 101 cm³/mol. The molecule has 0 N–H and O–H groups in total. The summed E-state index contributed by atoms with van der Waals surface area (Å²) in [5.41, 5.74) is -2.96. The maximum Gasteiger partial charge on any atom is 0.340 e. The van der Waals surface area contributed by atoms with Gasteiger partial charge >= 0.3 is 11.9 Å². The summed E-state index contributed by atoms with van der Waals surface area (Å²) >= 11 is 0. The minimum atomic E-state index is -2.09. The van der Waals surface area contributed by atoms with Crippen molar-refractivity contribution in [1.29, 1.82) is 0 Å². The van der Waals surface area contributed by atoms with Crippen LogP contribution in [0.2, 0.25) is 0 Å². The average Bonchev–Trinajstić information content (AvgIpc) is 3.05. The third-order valence-corrected chi connectivity index (χ3v) is 5.51. The summed E-state index contributed by atoms with van der Waals surface area (Å²) in [6.45, 7) is 2.09. The number of carbonyl (C=O) groups is 2. The zero-order valence-corrected chi connectivity index (χ0v) is 16.5. The molecule has 0 saturated heterocycles. The number of hydrogen-bond donors (Lipinski definition) is 0. The minimum absolute atomic E-state index is 0.0533. The van der Waals surface area contributed by atoms with E-state index >= 15 is 8.78 Å². The summed E-state index contributed by atoms with van der Waals surface area (Å²) in [6.07, 6.45) is 0. The van der Waals surface area contributed by atoms with E-state index in [0.29, 0.717) is 0 Å². The largest absolute Gasteiger partial charge is 0.450 e. The lowest BCUT2D eigenvalue weighted by molar-refractivity contribution is -0.132. The number of rotatable bonds is 1. The van der Waals surface area contributed by atoms with Crippen LogP contribution in [0, 0.1) is 30.2 Å². The summed E-state index contributed by atoms with van der Waals surface area (Å²) in [4.78, 5) is 24.0. The molecule has 1 atom stereocenters. The molecule has 0 bridgehead atoms. The molecule has 0 radical (unpaired) electrons. The van der Waals surface area contributed by atoms with Crippen molar-refractivity contribution in [3.8, 4) is 17.2 Å². The molecule has 2 aliphatic heterocycles. The van der Waals surface area contributed by atoms with Crippen molar-refractivity contribution in [2.75, 3.05) is 0 Å². The Morgan fingerprint density at radius 3 is 2.25 bits per heavy atom. The summed E-state index contributed by atoms with van der Waals surface area (Å²) in [6, 6.07) is 7.61. The molecule has 1 unspecified atom stereocenters. The van der Waals surface area contributed by atoms with Gasteiger partial charge in [0.15, 0.2) is 28.7 Å². The van der Waals surface area contributed by atoms with Crippen LogP contribution in [0.1, 0.15) is 39.5 Å². The first kappa shape index (κ1) is 20.0. The van der Waals surface area contributed by atoms with Crippen molar-refractivity contribution in [1.82, 2.24) is 0 Å². The van der Waals surface area contributed by atoms with Gasteiger partial charge in [-0.05, 0) is 25.1 Å². The van der Waals surface area contributed by atoms with Crippen LogP contribution in [0.3, 0.4) is 0 Å². The van der Waals surface area contributed by atoms with Gasteiger partial charge in [-0.15, -0.1) is 0 Å². The van der Waals surface area contributed by atoms with Crippen LogP contribution in [-0.4, -0.2) is 11.9 Å². The number of esters is 2. The second-order valence-electron chi connectivity index (χ2n) is 7.36. The Hall–Kier alpha value is -3.88. The SMILES string of the molecule is CC(=O)Oc1c(F)cc2c(c1F)Oc1c(cc(F)c(C)c1F)C21OC(=O)c2ccccc21. The van der Waals surface area contributed by atoms with E-state index in [1.165, 1.54) is 18.2 Å². The van der Waals surface area contributed by atoms with Gasteiger partial charge in [0.1, 0.15) is 5.82 Å². The van der Waals surface area contributed by atoms with E-state index in [0.717, 1.165) is 26.0 Å². The van der Waals surface area contributed by atoms with Gasteiger partial charge in [0.25, 0.3) is 0 Å². The smallest absolute Gasteiger partial charge is 0.340 e. The average molecular weight is 444 g/mol. The van der Waals surface area contributed by atoms with Crippen molar-refractivity contribution >= 4 is 11.9 Å². The number of fused-ring (bicyclic) bond motifs is 6. The van der Waals surface area contributed by atoms with Crippen molar-refractivity contribution in [3.63, 3.8) is 0 Å². The van der Waals surface area contributed by atoms with Crippen molar-refractivity contribution in [3.05, 3.63) is 87.5 Å². The summed E-state index contributed by atoms with van der Waals surface area (Å²) in [7, 11) is 0. The Bertz CT molecular complexity index is 1370. The molecule has 3 aromatic rings. The van der Waals surface area contributed by atoms with Crippen molar-refractivity contribution in [2.45, 2.75) is 19.4 Å². The first-order valence-electron chi connectivity index (χ1n) is 9.37. The van der Waals surface area contributed by atoms with Crippen LogP contribution >= 0.6 is 0 Å². The second-order valence-corrected chi connectivity index (χ2v) is 7.36. The van der Waals surface area contributed by atoms with Gasteiger partial charge in [-0.1, -0.05) is 18.2 Å². The quantitative estimate of drug-likeness (QED) is 0.299. The highest BCUT2D eigenvalue weighted by Gasteiger charge is 2.56. The van der Waals surface area contributed by atoms with Crippen LogP contribution in [0.5, 0.6) is 17.2 Å². The first-order chi connectivity index (χ1) is 15.2. The molecular formula is C23H12F4O5. The summed E-state index contributed by atoms with van der Waals surface area (Å²) in [5.74, 6) is -9.09. The molecule has 5 rings (SSSR count). The maximum absolute atomic E-state index is 15.3. The van der Waals surface area contributed by atoms with Gasteiger partial charge in [-0.25, -0.2) is 18.0 Å². The van der Waals surface area contributed by atoms with E-state index in [-0.39, 0.29) is 22.3 Å². The van der Waals surface area contributed by atoms with Crippen LogP contribution in [0.25, 0.3) is 0 Å². The number of carbonyl (C=O) groups excluding carboxylic acids is 2. The molecule has 5 nitrogen and oxygen atoms in total. The van der Waals surface area contributed by atoms with E-state index in [1.54, 1.807) is 6.07 Å². The number of hydrogen-bond acceptors (Lipinski definition) is 5. The normalized spacial score (nSPS) is 17.9. The molecule has 162 valence electrons. The lowest BCUT2D eigenvalue weighted by Crippen LogP contribution is -2.34. The molecule has 0 aromatic heterocycles. The molecule has 1 spiro atoms. The van der Waals surface area contributed by atoms with Gasteiger partial charge < -0.3 is 14.2 Å². The van der Waals surface area contributed by atoms with E-state index in [1.807, 2.05) is 0 Å². The summed E-state index contributed by atoms with van der Waals surface area (Å²) < 4.78 is 75.5. The molecule has 32 heavy (non-hydrogen) atoms. The highest BCUT2D eigenvalue weighted by Crippen LogP contribution is 2.58. The van der Waals surface area contributed by atoms with Gasteiger partial charge in [-0.2, -0.15) is 4.39 Å². The second kappa shape index (κ2) is 6.56. The third-order valence-electron chi connectivity index (χ3n) is 5.51. The molecule has 2 heterocycles. The van der Waals surface area contributed by atoms with E-state index in [2.05, 4.69) is 4.74 Å². The Labute approximate surface area is 178 Å². The standard InChI is InChI=1S/C23H12F4O5/c1-9-15(24)7-13-19(17(9)26)31-20-14(8-16(25)21(18(20)27)30-10(2)28)23(13)12-6-4-3-5-11(12)22(29)32-23/h3-8H,1-2H3. The molecule has 0 aliphatic carbocycles. The topological polar surface area (TPSA) is 61.8 Å². The van der Waals surface area contributed by atoms with Crippen LogP contribution in [0.4, 0.5) is 17.6 Å². The Morgan fingerprint density at radius 2 is 1.56 bits per heavy atom. The fraction of sp³-hybridized carbons (Fsp3) is 0.130. The minimum Gasteiger partial charge on any atom is -0.450 e. The van der Waals surface area contributed by atoms with E-state index in [4.69, 9.17) is 9.47 Å². The Kier molecular flexibility index (Phi) is 4.11. The highest BCUT2D eigenvalue weighted by molar-refractivity contribution is 5.97. The third kappa shape index (κ3) is 2.44. The van der Waals surface area contributed by atoms with Gasteiger partial charge in [0, 0.05) is 18.1 Å². The lowest BCUT2D eigenvalue weighted by atomic mass is 9.77. The number of ether oxygens (including phenoxy) is 3. The molecular weight excluding hydrogens is 432 g/mol. The lowest BCUT2D eigenvalue weighted by Gasteiger charge is -2.37. The number of halogens is 4. The van der Waals surface area contributed by atoms with Gasteiger partial charge in [0.05, 0.1) is 16.7 Å². The van der Waals surface area contributed by atoms with Crippen molar-refractivity contribution < 1.29 is 41.4 Å². The fourth-order valence-corrected chi connectivity index (χ4v) is 4.10. The monoisotopic (exact) mass is 444 g/mol. The molecule has 2 aliphatic rings. The maximum atomic E-state index is 15.3.